The molecule has 0 unspecified atom stereocenters. The number of anilines is 1. The first kappa shape index (κ1) is 11.2. The van der Waals surface area contributed by atoms with Gasteiger partial charge in [0.25, 0.3) is 0 Å². The van der Waals surface area contributed by atoms with Crippen molar-refractivity contribution in [3.05, 3.63) is 41.3 Å². The van der Waals surface area contributed by atoms with Crippen molar-refractivity contribution in [2.45, 2.75) is 11.5 Å². The number of hydrogen-bond acceptors (Lipinski definition) is 4. The Morgan fingerprint density at radius 1 is 1.28 bits per heavy atom. The molecule has 0 atom stereocenters. The summed E-state index contributed by atoms with van der Waals surface area (Å²) in [6.07, 6.45) is 0. The first-order valence-corrected chi connectivity index (χ1v) is 7.11. The van der Waals surface area contributed by atoms with Gasteiger partial charge in [0.2, 0.25) is 0 Å². The maximum atomic E-state index is 13.6. The van der Waals surface area contributed by atoms with Gasteiger partial charge < -0.3 is 5.73 Å². The lowest BCUT2D eigenvalue weighted by molar-refractivity contribution is 0.596. The number of rotatable bonds is 1. The zero-order valence-corrected chi connectivity index (χ0v) is 10.1. The SMILES string of the molecule is Nc1c2c(nn1-c1ccccc1F)CS(=O)(=O)C2. The Hall–Kier alpha value is -1.89. The molecule has 0 amide bonds. The maximum Gasteiger partial charge on any atom is 0.160 e. The van der Waals surface area contributed by atoms with Crippen LogP contribution in [0.1, 0.15) is 11.3 Å². The second-order valence-corrected chi connectivity index (χ2v) is 6.27. The number of benzene rings is 1. The van der Waals surface area contributed by atoms with E-state index >= 15 is 0 Å². The molecule has 7 heteroatoms. The third-order valence-corrected chi connectivity index (χ3v) is 4.35. The lowest BCUT2D eigenvalue weighted by atomic mass is 10.3. The van der Waals surface area contributed by atoms with Gasteiger partial charge in [-0.05, 0) is 12.1 Å². The monoisotopic (exact) mass is 267 g/mol. The van der Waals surface area contributed by atoms with E-state index < -0.39 is 15.7 Å². The molecule has 94 valence electrons. The molecule has 2 heterocycles. The minimum absolute atomic E-state index is 0.122. The van der Waals surface area contributed by atoms with E-state index in [9.17, 15) is 12.8 Å². The van der Waals surface area contributed by atoms with Gasteiger partial charge in [0.15, 0.2) is 9.84 Å². The summed E-state index contributed by atoms with van der Waals surface area (Å²) < 4.78 is 37.8. The number of sulfone groups is 1. The smallest absolute Gasteiger partial charge is 0.160 e. The van der Waals surface area contributed by atoms with E-state index in [1.165, 1.54) is 10.7 Å². The zero-order chi connectivity index (χ0) is 12.9. The lowest BCUT2D eigenvalue weighted by Crippen LogP contribution is -2.08. The van der Waals surface area contributed by atoms with Crippen LogP contribution < -0.4 is 5.73 Å². The van der Waals surface area contributed by atoms with Crippen LogP contribution in [0.15, 0.2) is 24.3 Å². The van der Waals surface area contributed by atoms with Crippen molar-refractivity contribution in [2.75, 3.05) is 5.73 Å². The topological polar surface area (TPSA) is 78.0 Å². The molecular weight excluding hydrogens is 257 g/mol. The van der Waals surface area contributed by atoms with Gasteiger partial charge in [-0.15, -0.1) is 0 Å². The quantitative estimate of drug-likeness (QED) is 0.836. The predicted molar refractivity (Wildman–Crippen MR) is 64.3 cm³/mol. The van der Waals surface area contributed by atoms with Gasteiger partial charge in [-0.3, -0.25) is 0 Å². The summed E-state index contributed by atoms with van der Waals surface area (Å²) in [6, 6.07) is 6.08. The highest BCUT2D eigenvalue weighted by Crippen LogP contribution is 2.31. The van der Waals surface area contributed by atoms with Crippen LogP contribution in [0.25, 0.3) is 5.69 Å². The highest BCUT2D eigenvalue weighted by atomic mass is 32.2. The third kappa shape index (κ3) is 1.59. The number of halogens is 1. The number of para-hydroxylation sites is 1. The van der Waals surface area contributed by atoms with Crippen LogP contribution in [0.5, 0.6) is 0 Å². The molecule has 1 aromatic heterocycles. The third-order valence-electron chi connectivity index (χ3n) is 2.91. The number of fused-ring (bicyclic) bond motifs is 1. The standard InChI is InChI=1S/C11H10FN3O2S/c12-8-3-1-2-4-10(8)15-11(13)7-5-18(16,17)6-9(7)14-15/h1-4H,5-6,13H2. The molecule has 1 aliphatic rings. The number of nitrogens with two attached hydrogens (primary N) is 1. The fourth-order valence-corrected chi connectivity index (χ4v) is 3.58. The van der Waals surface area contributed by atoms with E-state index in [4.69, 9.17) is 5.73 Å². The summed E-state index contributed by atoms with van der Waals surface area (Å²) in [6.45, 7) is 0. The molecule has 0 spiro atoms. The van der Waals surface area contributed by atoms with E-state index in [-0.39, 0.29) is 23.0 Å². The fourth-order valence-electron chi connectivity index (χ4n) is 2.07. The van der Waals surface area contributed by atoms with E-state index in [2.05, 4.69) is 5.10 Å². The zero-order valence-electron chi connectivity index (χ0n) is 9.30. The lowest BCUT2D eigenvalue weighted by Gasteiger charge is -2.06. The van der Waals surface area contributed by atoms with Crippen molar-refractivity contribution in [3.8, 4) is 5.69 Å². The molecule has 2 aromatic rings. The van der Waals surface area contributed by atoms with Crippen LogP contribution in [0.2, 0.25) is 0 Å². The average molecular weight is 267 g/mol. The molecule has 1 aliphatic heterocycles. The number of aromatic nitrogens is 2. The van der Waals surface area contributed by atoms with Crippen LogP contribution in [-0.2, 0) is 21.3 Å². The summed E-state index contributed by atoms with van der Waals surface area (Å²) in [5.41, 5.74) is 6.97. The fraction of sp³-hybridized carbons (Fsp3) is 0.182. The Morgan fingerprint density at radius 3 is 2.67 bits per heavy atom. The molecule has 0 saturated carbocycles. The first-order valence-electron chi connectivity index (χ1n) is 5.29. The molecule has 18 heavy (non-hydrogen) atoms. The minimum Gasteiger partial charge on any atom is -0.383 e. The Bertz CT molecular complexity index is 737. The number of hydrogen-bond donors (Lipinski definition) is 1. The van der Waals surface area contributed by atoms with Crippen molar-refractivity contribution in [2.24, 2.45) is 0 Å². The van der Waals surface area contributed by atoms with Crippen LogP contribution in [0, 0.1) is 5.82 Å². The Balaban J connectivity index is 2.16. The second-order valence-electron chi connectivity index (χ2n) is 4.21. The highest BCUT2D eigenvalue weighted by Gasteiger charge is 2.31. The summed E-state index contributed by atoms with van der Waals surface area (Å²) in [7, 11) is -3.14. The summed E-state index contributed by atoms with van der Waals surface area (Å²) >= 11 is 0. The second kappa shape index (κ2) is 3.55. The molecule has 0 fully saturated rings. The predicted octanol–water partition coefficient (Wildman–Crippen LogP) is 1.02. The summed E-state index contributed by atoms with van der Waals surface area (Å²) in [5.74, 6) is -0.513. The molecule has 3 rings (SSSR count). The van der Waals surface area contributed by atoms with Gasteiger partial charge in [-0.2, -0.15) is 5.10 Å². The van der Waals surface area contributed by atoms with Crippen LogP contribution >= 0.6 is 0 Å². The molecule has 0 saturated heterocycles. The summed E-state index contributed by atoms with van der Waals surface area (Å²) in [5, 5.41) is 4.09. The number of nitrogens with zero attached hydrogens (tertiary/aromatic N) is 2. The van der Waals surface area contributed by atoms with Gasteiger partial charge in [0, 0.05) is 5.56 Å². The molecule has 0 bridgehead atoms. The van der Waals surface area contributed by atoms with Crippen molar-refractivity contribution in [1.82, 2.24) is 9.78 Å². The van der Waals surface area contributed by atoms with Crippen molar-refractivity contribution < 1.29 is 12.8 Å². The van der Waals surface area contributed by atoms with Crippen molar-refractivity contribution >= 4 is 15.7 Å². The highest BCUT2D eigenvalue weighted by molar-refractivity contribution is 7.90. The van der Waals surface area contributed by atoms with Crippen molar-refractivity contribution in [1.29, 1.82) is 0 Å². The van der Waals surface area contributed by atoms with E-state index in [1.54, 1.807) is 18.2 Å². The van der Waals surface area contributed by atoms with Gasteiger partial charge in [0.1, 0.15) is 17.3 Å². The minimum atomic E-state index is -3.14. The maximum absolute atomic E-state index is 13.6. The molecule has 0 radical (unpaired) electrons. The van der Waals surface area contributed by atoms with E-state index in [0.717, 1.165) is 0 Å². The van der Waals surface area contributed by atoms with Crippen LogP contribution in [0.4, 0.5) is 10.2 Å². The Kier molecular flexibility index (Phi) is 2.21. The molecule has 1 aromatic carbocycles. The Morgan fingerprint density at radius 2 is 2.00 bits per heavy atom. The molecular formula is C11H10FN3O2S. The number of nitrogen functional groups attached to an aromatic ring is 1. The van der Waals surface area contributed by atoms with Crippen LogP contribution in [0.3, 0.4) is 0 Å². The van der Waals surface area contributed by atoms with Gasteiger partial charge in [-0.25, -0.2) is 17.5 Å². The average Bonchev–Trinajstić information content (AvgIpc) is 2.74. The van der Waals surface area contributed by atoms with E-state index in [1.807, 2.05) is 0 Å². The summed E-state index contributed by atoms with van der Waals surface area (Å²) in [4.78, 5) is 0. The van der Waals surface area contributed by atoms with E-state index in [0.29, 0.717) is 11.3 Å². The largest absolute Gasteiger partial charge is 0.383 e. The molecule has 5 nitrogen and oxygen atoms in total. The molecule has 2 N–H and O–H groups in total. The molecule has 0 aliphatic carbocycles. The van der Waals surface area contributed by atoms with Gasteiger partial charge >= 0.3 is 0 Å². The normalized spacial score (nSPS) is 16.7. The van der Waals surface area contributed by atoms with Gasteiger partial charge in [0.05, 0.1) is 17.2 Å². The van der Waals surface area contributed by atoms with Crippen LogP contribution in [-0.4, -0.2) is 18.2 Å². The van der Waals surface area contributed by atoms with Crippen molar-refractivity contribution in [3.63, 3.8) is 0 Å². The first-order chi connectivity index (χ1) is 8.48. The Labute approximate surface area is 103 Å². The van der Waals surface area contributed by atoms with Gasteiger partial charge in [-0.1, -0.05) is 12.1 Å².